The molecular weight excluding hydrogens is 204 g/mol. The summed E-state index contributed by atoms with van der Waals surface area (Å²) >= 11 is 0. The molecule has 0 unspecified atom stereocenters. The van der Waals surface area contributed by atoms with Crippen molar-refractivity contribution in [3.63, 3.8) is 0 Å². The van der Waals surface area contributed by atoms with Gasteiger partial charge in [-0.3, -0.25) is 4.79 Å². The van der Waals surface area contributed by atoms with E-state index >= 15 is 0 Å². The normalized spacial score (nSPS) is 11.5. The minimum absolute atomic E-state index is 0.179. The molecule has 4 amide bonds. The van der Waals surface area contributed by atoms with E-state index in [0.717, 1.165) is 0 Å². The maximum atomic E-state index is 10.7. The highest BCUT2D eigenvalue weighted by atomic mass is 16.6. The van der Waals surface area contributed by atoms with Gasteiger partial charge in [-0.2, -0.15) is 0 Å². The average Bonchev–Trinajstić information content (AvgIpc) is 2.08. The lowest BCUT2D eigenvalue weighted by Crippen LogP contribution is -2.36. The number of hydrogen-bond donors (Lipinski definition) is 4. The van der Waals surface area contributed by atoms with Crippen LogP contribution in [0.15, 0.2) is 0 Å². The fourth-order valence-electron chi connectivity index (χ4n) is 0.899. The summed E-state index contributed by atoms with van der Waals surface area (Å²) in [6, 6.07) is -0.665. The molecule has 0 aromatic carbocycles. The highest BCUT2D eigenvalue weighted by Crippen LogP contribution is 2.01. The lowest BCUT2D eigenvalue weighted by Gasteiger charge is -2.12. The molecule has 7 N–H and O–H groups in total. The number of primary amides is 3. The number of nitrogens with one attached hydrogen (secondary N) is 1. The molecule has 0 saturated heterocycles. The first-order valence-corrected chi connectivity index (χ1v) is 4.22. The third kappa shape index (κ3) is 7.11. The van der Waals surface area contributed by atoms with E-state index in [9.17, 15) is 14.4 Å². The number of urea groups is 1. The predicted octanol–water partition coefficient (Wildman–Crippen LogP) is -1.62. The molecule has 0 fully saturated rings. The molecule has 0 aromatic heterocycles. The Morgan fingerprint density at radius 1 is 1.20 bits per heavy atom. The topological polar surface area (TPSA) is 151 Å². The first-order chi connectivity index (χ1) is 6.93. The van der Waals surface area contributed by atoms with Crippen LogP contribution in [0.2, 0.25) is 0 Å². The van der Waals surface area contributed by atoms with E-state index in [-0.39, 0.29) is 13.0 Å². The third-order valence-corrected chi connectivity index (χ3v) is 1.52. The molecule has 0 aliphatic rings. The highest BCUT2D eigenvalue weighted by Gasteiger charge is 2.18. The summed E-state index contributed by atoms with van der Waals surface area (Å²) in [6.07, 6.45) is -1.57. The van der Waals surface area contributed by atoms with Crippen molar-refractivity contribution < 1.29 is 19.1 Å². The maximum absolute atomic E-state index is 10.7. The largest absolute Gasteiger partial charge is 0.436 e. The zero-order valence-corrected chi connectivity index (χ0v) is 8.06. The van der Waals surface area contributed by atoms with E-state index in [4.69, 9.17) is 17.2 Å². The SMILES string of the molecule is NC(=O)NCCC[C@H](OC(N)=O)C(N)=O. The number of ether oxygens (including phenoxy) is 1. The summed E-state index contributed by atoms with van der Waals surface area (Å²) in [7, 11) is 0. The zero-order valence-electron chi connectivity index (χ0n) is 8.06. The molecule has 15 heavy (non-hydrogen) atoms. The highest BCUT2D eigenvalue weighted by molar-refractivity contribution is 5.81. The summed E-state index contributed by atoms with van der Waals surface area (Å²) in [5, 5.41) is 2.31. The number of amides is 4. The van der Waals surface area contributed by atoms with Gasteiger partial charge in [0, 0.05) is 6.54 Å². The fraction of sp³-hybridized carbons (Fsp3) is 0.571. The Hall–Kier alpha value is -1.99. The molecule has 0 rings (SSSR count). The van der Waals surface area contributed by atoms with Crippen LogP contribution in [0, 0.1) is 0 Å². The van der Waals surface area contributed by atoms with Gasteiger partial charge in [-0.05, 0) is 12.8 Å². The summed E-state index contributed by atoms with van der Waals surface area (Å²) in [6.45, 7) is 0.265. The van der Waals surface area contributed by atoms with Crippen LogP contribution in [0.3, 0.4) is 0 Å². The Bertz CT molecular complexity index is 255. The van der Waals surface area contributed by atoms with Gasteiger partial charge in [0.2, 0.25) is 0 Å². The van der Waals surface area contributed by atoms with Crippen LogP contribution in [-0.4, -0.2) is 30.7 Å². The van der Waals surface area contributed by atoms with Crippen LogP contribution in [0.5, 0.6) is 0 Å². The quantitative estimate of drug-likeness (QED) is 0.396. The van der Waals surface area contributed by atoms with E-state index in [1.165, 1.54) is 0 Å². The number of carbonyl (C=O) groups is 3. The van der Waals surface area contributed by atoms with Crippen molar-refractivity contribution in [2.24, 2.45) is 17.2 Å². The molecular formula is C7H14N4O4. The molecule has 8 heteroatoms. The molecule has 86 valence electrons. The molecule has 0 radical (unpaired) electrons. The lowest BCUT2D eigenvalue weighted by molar-refractivity contribution is -0.126. The van der Waals surface area contributed by atoms with Crippen LogP contribution in [0.1, 0.15) is 12.8 Å². The third-order valence-electron chi connectivity index (χ3n) is 1.52. The number of rotatable bonds is 6. The summed E-state index contributed by atoms with van der Waals surface area (Å²) in [5.41, 5.74) is 14.5. The van der Waals surface area contributed by atoms with Crippen molar-refractivity contribution in [1.29, 1.82) is 0 Å². The van der Waals surface area contributed by atoms with Crippen molar-refractivity contribution in [2.75, 3.05) is 6.54 Å². The molecule has 8 nitrogen and oxygen atoms in total. The van der Waals surface area contributed by atoms with Crippen molar-refractivity contribution in [2.45, 2.75) is 18.9 Å². The van der Waals surface area contributed by atoms with Gasteiger partial charge in [-0.25, -0.2) is 9.59 Å². The second kappa shape index (κ2) is 6.46. The van der Waals surface area contributed by atoms with E-state index in [2.05, 4.69) is 10.1 Å². The molecule has 0 heterocycles. The summed E-state index contributed by atoms with van der Waals surface area (Å²) in [5.74, 6) is -0.784. The van der Waals surface area contributed by atoms with Crippen molar-refractivity contribution in [1.82, 2.24) is 5.32 Å². The van der Waals surface area contributed by atoms with E-state index in [1.54, 1.807) is 0 Å². The standard InChI is InChI=1S/C7H14N4O4/c8-5(12)4(15-7(10)14)2-1-3-11-6(9)13/h4H,1-3H2,(H2,8,12)(H2,10,14)(H3,9,11,13)/t4-/m0/s1. The Morgan fingerprint density at radius 3 is 2.20 bits per heavy atom. The van der Waals surface area contributed by atoms with Crippen LogP contribution in [0.25, 0.3) is 0 Å². The Morgan fingerprint density at radius 2 is 1.80 bits per heavy atom. The molecule has 0 aliphatic carbocycles. The van der Waals surface area contributed by atoms with Crippen LogP contribution >= 0.6 is 0 Å². The molecule has 0 aromatic rings. The second-order valence-corrected chi connectivity index (χ2v) is 2.76. The predicted molar refractivity (Wildman–Crippen MR) is 50.5 cm³/mol. The first kappa shape index (κ1) is 13.0. The van der Waals surface area contributed by atoms with Gasteiger partial charge in [-0.1, -0.05) is 0 Å². The molecule has 0 spiro atoms. The smallest absolute Gasteiger partial charge is 0.405 e. The van der Waals surface area contributed by atoms with Gasteiger partial charge < -0.3 is 27.3 Å². The van der Waals surface area contributed by atoms with E-state index < -0.39 is 24.1 Å². The summed E-state index contributed by atoms with van der Waals surface area (Å²) < 4.78 is 4.44. The lowest BCUT2D eigenvalue weighted by atomic mass is 10.2. The molecule has 0 aliphatic heterocycles. The fourth-order valence-corrected chi connectivity index (χ4v) is 0.899. The van der Waals surface area contributed by atoms with Gasteiger partial charge >= 0.3 is 12.1 Å². The molecule has 0 bridgehead atoms. The van der Waals surface area contributed by atoms with Crippen molar-refractivity contribution in [3.05, 3.63) is 0 Å². The number of nitrogens with two attached hydrogens (primary N) is 3. The Kier molecular flexibility index (Phi) is 5.60. The van der Waals surface area contributed by atoms with E-state index in [1.807, 2.05) is 0 Å². The minimum Gasteiger partial charge on any atom is -0.436 e. The average molecular weight is 218 g/mol. The zero-order chi connectivity index (χ0) is 11.8. The van der Waals surface area contributed by atoms with E-state index in [0.29, 0.717) is 6.42 Å². The Balaban J connectivity index is 3.81. The molecule has 1 atom stereocenters. The van der Waals surface area contributed by atoms with Crippen LogP contribution < -0.4 is 22.5 Å². The van der Waals surface area contributed by atoms with Crippen LogP contribution in [0.4, 0.5) is 9.59 Å². The maximum Gasteiger partial charge on any atom is 0.405 e. The van der Waals surface area contributed by atoms with Gasteiger partial charge in [0.25, 0.3) is 5.91 Å². The molecule has 0 saturated carbocycles. The monoisotopic (exact) mass is 218 g/mol. The summed E-state index contributed by atoms with van der Waals surface area (Å²) in [4.78, 5) is 31.4. The minimum atomic E-state index is -1.07. The number of carbonyl (C=O) groups excluding carboxylic acids is 3. The van der Waals surface area contributed by atoms with Gasteiger partial charge in [0.05, 0.1) is 0 Å². The van der Waals surface area contributed by atoms with Gasteiger partial charge in [0.15, 0.2) is 6.10 Å². The second-order valence-electron chi connectivity index (χ2n) is 2.76. The van der Waals surface area contributed by atoms with Gasteiger partial charge in [0.1, 0.15) is 0 Å². The number of hydrogen-bond acceptors (Lipinski definition) is 4. The van der Waals surface area contributed by atoms with Crippen LogP contribution in [-0.2, 0) is 9.53 Å². The van der Waals surface area contributed by atoms with Crippen molar-refractivity contribution >= 4 is 18.0 Å². The first-order valence-electron chi connectivity index (χ1n) is 4.22. The Labute approximate surface area is 86.1 Å². The van der Waals surface area contributed by atoms with Crippen molar-refractivity contribution in [3.8, 4) is 0 Å². The van der Waals surface area contributed by atoms with Gasteiger partial charge in [-0.15, -0.1) is 0 Å².